The van der Waals surface area contributed by atoms with E-state index in [1.807, 2.05) is 0 Å². The summed E-state index contributed by atoms with van der Waals surface area (Å²) in [5.74, 6) is 0. The zero-order valence-corrected chi connectivity index (χ0v) is 5.61. The van der Waals surface area contributed by atoms with E-state index < -0.39 is 22.5 Å². The number of halogens is 2. The Balaban J connectivity index is 4.25. The smallest absolute Gasteiger partial charge is 0.233 e. The van der Waals surface area contributed by atoms with Gasteiger partial charge >= 0.3 is 22.5 Å². The van der Waals surface area contributed by atoms with Gasteiger partial charge in [-0.25, -0.2) is 19.0 Å². The number of hydrogen-bond donors (Lipinski definition) is 2. The van der Waals surface area contributed by atoms with Gasteiger partial charge in [0, 0.05) is 0 Å². The minimum atomic E-state index is -4.73. The highest BCUT2D eigenvalue weighted by atomic mass is 32.2. The van der Waals surface area contributed by atoms with Gasteiger partial charge in [-0.1, -0.05) is 0 Å². The molecule has 0 aliphatic heterocycles. The minimum absolute atomic E-state index is 0.645. The van der Waals surface area contributed by atoms with E-state index in [4.69, 9.17) is 0 Å². The molecule has 11 heavy (non-hydrogen) atoms. The molecule has 0 aromatic carbocycles. The number of hydrogen-bond acceptors (Lipinski definition) is 4. The molecule has 0 aliphatic carbocycles. The van der Waals surface area contributed by atoms with Crippen molar-refractivity contribution in [2.24, 2.45) is 0 Å². The van der Waals surface area contributed by atoms with Gasteiger partial charge in [0.1, 0.15) is 0 Å². The first-order valence-electron chi connectivity index (χ1n) is 2.03. The lowest BCUT2D eigenvalue weighted by Gasteiger charge is -1.98. The molecule has 0 spiro atoms. The predicted octanol–water partition coefficient (Wildman–Crippen LogP) is -0.411. The molecule has 0 aromatic rings. The highest BCUT2D eigenvalue weighted by Crippen LogP contribution is 1.81. The lowest BCUT2D eigenvalue weighted by molar-refractivity contribution is 0.226. The Bertz CT molecular complexity index is 250. The molecule has 0 radical (unpaired) electrons. The van der Waals surface area contributed by atoms with Crippen molar-refractivity contribution >= 4 is 22.5 Å². The minimum Gasteiger partial charge on any atom is -0.233 e. The van der Waals surface area contributed by atoms with Crippen molar-refractivity contribution in [3.63, 3.8) is 0 Å². The van der Waals surface area contributed by atoms with Crippen LogP contribution in [0.3, 0.4) is 0 Å². The average Bonchev–Trinajstić information content (AvgIpc) is 1.53. The Morgan fingerprint density at radius 1 is 1.00 bits per heavy atom. The van der Waals surface area contributed by atoms with E-state index in [2.05, 4.69) is 0 Å². The van der Waals surface area contributed by atoms with Gasteiger partial charge in [0.15, 0.2) is 0 Å². The van der Waals surface area contributed by atoms with Crippen LogP contribution in [0.15, 0.2) is 0 Å². The van der Waals surface area contributed by atoms with Gasteiger partial charge < -0.3 is 0 Å². The second-order valence-electron chi connectivity index (χ2n) is 1.25. The lowest BCUT2D eigenvalue weighted by atomic mass is 11.4. The van der Waals surface area contributed by atoms with Gasteiger partial charge in [0.2, 0.25) is 0 Å². The van der Waals surface area contributed by atoms with Crippen LogP contribution in [0.2, 0.25) is 0 Å². The van der Waals surface area contributed by atoms with E-state index in [1.165, 1.54) is 0 Å². The largest absolute Gasteiger partial charge is 0.412 e. The summed E-state index contributed by atoms with van der Waals surface area (Å²) in [5.41, 5.74) is 0. The maximum absolute atomic E-state index is 11.2. The Morgan fingerprint density at radius 3 is 1.45 bits per heavy atom. The molecule has 0 heterocycles. The summed E-state index contributed by atoms with van der Waals surface area (Å²) in [5, 5.41) is 0. The number of amides is 2. The molecule has 0 saturated carbocycles. The van der Waals surface area contributed by atoms with Gasteiger partial charge in [-0.15, -0.1) is 8.78 Å². The van der Waals surface area contributed by atoms with Crippen LogP contribution in [0.5, 0.6) is 0 Å². The van der Waals surface area contributed by atoms with Crippen molar-refractivity contribution in [2.45, 2.75) is 0 Å². The third kappa shape index (κ3) is 5.21. The molecule has 0 aliphatic rings. The van der Waals surface area contributed by atoms with Crippen molar-refractivity contribution < 1.29 is 26.8 Å². The number of carbonyl (C=O) groups is 2. The van der Waals surface area contributed by atoms with Gasteiger partial charge in [-0.3, -0.25) is 0 Å². The zero-order chi connectivity index (χ0) is 9.07. The summed E-state index contributed by atoms with van der Waals surface area (Å²) >= 11 is 0. The molecule has 0 saturated heterocycles. The highest BCUT2D eigenvalue weighted by Gasteiger charge is 2.15. The third-order valence-electron chi connectivity index (χ3n) is 0.429. The normalized spacial score (nSPS) is 10.4. The van der Waals surface area contributed by atoms with Crippen molar-refractivity contribution in [1.82, 2.24) is 9.44 Å². The van der Waals surface area contributed by atoms with E-state index in [0.717, 1.165) is 0 Å². The van der Waals surface area contributed by atoms with Crippen LogP contribution < -0.4 is 9.44 Å². The molecule has 2 amide bonds. The maximum atomic E-state index is 11.2. The van der Waals surface area contributed by atoms with Crippen molar-refractivity contribution in [3.05, 3.63) is 0 Å². The van der Waals surface area contributed by atoms with Gasteiger partial charge in [0.05, 0.1) is 0 Å². The average molecular weight is 188 g/mol. The fourth-order valence-electron chi connectivity index (χ4n) is 0.237. The van der Waals surface area contributed by atoms with Crippen molar-refractivity contribution in [3.8, 4) is 0 Å². The molecule has 0 unspecified atom stereocenters. The van der Waals surface area contributed by atoms with Crippen molar-refractivity contribution in [2.75, 3.05) is 0 Å². The SMILES string of the molecule is O=C(F)NS(=O)(=O)NC(=O)F. The third-order valence-corrected chi connectivity index (χ3v) is 1.29. The van der Waals surface area contributed by atoms with Gasteiger partial charge in [-0.05, 0) is 0 Å². The van der Waals surface area contributed by atoms with Gasteiger partial charge in [-0.2, -0.15) is 8.42 Å². The molecule has 0 aromatic heterocycles. The molecular formula is C2H2F2N2O4S. The van der Waals surface area contributed by atoms with E-state index in [9.17, 15) is 26.8 Å². The van der Waals surface area contributed by atoms with Gasteiger partial charge in [0.25, 0.3) is 0 Å². The molecule has 0 bridgehead atoms. The predicted molar refractivity (Wildman–Crippen MR) is 28.2 cm³/mol. The van der Waals surface area contributed by atoms with Crippen LogP contribution in [0, 0.1) is 0 Å². The monoisotopic (exact) mass is 188 g/mol. The van der Waals surface area contributed by atoms with Crippen LogP contribution >= 0.6 is 0 Å². The van der Waals surface area contributed by atoms with Crippen LogP contribution in [0.4, 0.5) is 18.4 Å². The summed E-state index contributed by atoms with van der Waals surface area (Å²) in [7, 11) is -4.73. The maximum Gasteiger partial charge on any atom is 0.412 e. The van der Waals surface area contributed by atoms with E-state index >= 15 is 0 Å². The number of rotatable bonds is 2. The Kier molecular flexibility index (Phi) is 2.87. The van der Waals surface area contributed by atoms with E-state index in [1.54, 1.807) is 0 Å². The first-order chi connectivity index (χ1) is 4.83. The second-order valence-corrected chi connectivity index (χ2v) is 2.67. The van der Waals surface area contributed by atoms with Crippen LogP contribution in [-0.4, -0.2) is 20.7 Å². The van der Waals surface area contributed by atoms with Crippen molar-refractivity contribution in [1.29, 1.82) is 0 Å². The molecule has 0 fully saturated rings. The second kappa shape index (κ2) is 3.23. The highest BCUT2D eigenvalue weighted by molar-refractivity contribution is 7.88. The zero-order valence-electron chi connectivity index (χ0n) is 4.80. The number of nitrogens with one attached hydrogen (secondary N) is 2. The standard InChI is InChI=1S/C2H2F2N2O4S/c3-1(7)5-11(9,10)6-2(4)8/h(H,5,7)(H,6,8). The molecule has 2 N–H and O–H groups in total. The quantitative estimate of drug-likeness (QED) is 0.455. The Labute approximate surface area is 59.8 Å². The molecule has 9 heteroatoms. The Morgan fingerprint density at radius 2 is 1.27 bits per heavy atom. The Hall–Kier alpha value is -1.25. The fourth-order valence-corrected chi connectivity index (χ4v) is 0.710. The lowest BCUT2D eigenvalue weighted by Crippen LogP contribution is -2.39. The first-order valence-corrected chi connectivity index (χ1v) is 3.51. The molecule has 0 rings (SSSR count). The fraction of sp³-hybridized carbons (Fsp3) is 0. The van der Waals surface area contributed by atoms with E-state index in [0.29, 0.717) is 9.44 Å². The summed E-state index contributed by atoms with van der Waals surface area (Å²) in [4.78, 5) is 18.8. The topological polar surface area (TPSA) is 92.3 Å². The van der Waals surface area contributed by atoms with Crippen LogP contribution in [-0.2, 0) is 10.2 Å². The summed E-state index contributed by atoms with van der Waals surface area (Å²) in [6.07, 6.45) is -4.84. The molecule has 6 nitrogen and oxygen atoms in total. The first kappa shape index (κ1) is 9.75. The summed E-state index contributed by atoms with van der Waals surface area (Å²) < 4.78 is 44.0. The summed E-state index contributed by atoms with van der Waals surface area (Å²) in [6, 6.07) is 0. The molecular weight excluding hydrogens is 186 g/mol. The molecule has 64 valence electrons. The van der Waals surface area contributed by atoms with Crippen LogP contribution in [0.1, 0.15) is 0 Å². The van der Waals surface area contributed by atoms with E-state index in [-0.39, 0.29) is 0 Å². The summed E-state index contributed by atoms with van der Waals surface area (Å²) in [6.45, 7) is 0. The number of carbonyl (C=O) groups excluding carboxylic acids is 2. The molecule has 0 atom stereocenters. The van der Waals surface area contributed by atoms with Crippen LogP contribution in [0.25, 0.3) is 0 Å².